The number of nitrogens with two attached hydrogens (primary N) is 1. The lowest BCUT2D eigenvalue weighted by atomic mass is 9.83. The van der Waals surface area contributed by atoms with Crippen molar-refractivity contribution in [3.8, 4) is 0 Å². The van der Waals surface area contributed by atoms with E-state index in [2.05, 4.69) is 6.92 Å². The fraction of sp³-hybridized carbons (Fsp3) is 0.562. The first kappa shape index (κ1) is 19.4. The Labute approximate surface area is 142 Å². The molecule has 7 heteroatoms. The Morgan fingerprint density at radius 3 is 2.39 bits per heavy atom. The Bertz CT molecular complexity index is 589. The van der Waals surface area contributed by atoms with Gasteiger partial charge in [-0.3, -0.25) is 14.9 Å². The quantitative estimate of drug-likeness (QED) is 0.673. The monoisotopic (exact) mass is 341 g/mol. The standard InChI is InChI=1S/C16H23N3O3.ClH/c1-15(2,12-4-6-13(7-5-12)19(21)22)14(20)18-9-8-16(3,10-17)11-18;/h4-7H,8-11,17H2,1-3H3;1H. The van der Waals surface area contributed by atoms with E-state index in [1.165, 1.54) is 12.1 Å². The molecule has 0 bridgehead atoms. The molecule has 0 saturated carbocycles. The molecule has 1 unspecified atom stereocenters. The Morgan fingerprint density at radius 2 is 1.96 bits per heavy atom. The molecule has 1 saturated heterocycles. The predicted octanol–water partition coefficient (Wildman–Crippen LogP) is 2.49. The smallest absolute Gasteiger partial charge is 0.269 e. The molecule has 128 valence electrons. The second-order valence-electron chi connectivity index (χ2n) is 6.92. The van der Waals surface area contributed by atoms with E-state index in [0.29, 0.717) is 19.6 Å². The summed E-state index contributed by atoms with van der Waals surface area (Å²) in [6.45, 7) is 7.75. The van der Waals surface area contributed by atoms with Gasteiger partial charge in [0.1, 0.15) is 0 Å². The lowest BCUT2D eigenvalue weighted by Crippen LogP contribution is -2.43. The van der Waals surface area contributed by atoms with Crippen LogP contribution in [0, 0.1) is 15.5 Å². The van der Waals surface area contributed by atoms with Crippen molar-refractivity contribution in [2.75, 3.05) is 19.6 Å². The van der Waals surface area contributed by atoms with Gasteiger partial charge in [-0.2, -0.15) is 0 Å². The first-order valence-electron chi connectivity index (χ1n) is 7.44. The van der Waals surface area contributed by atoms with E-state index < -0.39 is 10.3 Å². The normalized spacial score (nSPS) is 21.0. The van der Waals surface area contributed by atoms with Crippen LogP contribution in [0.25, 0.3) is 0 Å². The maximum Gasteiger partial charge on any atom is 0.269 e. The Kier molecular flexibility index (Phi) is 5.77. The van der Waals surface area contributed by atoms with Crippen molar-refractivity contribution in [2.24, 2.45) is 11.1 Å². The highest BCUT2D eigenvalue weighted by Crippen LogP contribution is 2.33. The number of hydrogen-bond acceptors (Lipinski definition) is 4. The van der Waals surface area contributed by atoms with E-state index in [-0.39, 0.29) is 29.4 Å². The van der Waals surface area contributed by atoms with E-state index in [1.54, 1.807) is 12.1 Å². The molecule has 1 aromatic rings. The minimum atomic E-state index is -0.713. The zero-order valence-electron chi connectivity index (χ0n) is 13.7. The fourth-order valence-corrected chi connectivity index (χ4v) is 2.88. The Morgan fingerprint density at radius 1 is 1.39 bits per heavy atom. The second kappa shape index (κ2) is 6.84. The van der Waals surface area contributed by atoms with Crippen molar-refractivity contribution < 1.29 is 9.72 Å². The Hall–Kier alpha value is -1.66. The fourth-order valence-electron chi connectivity index (χ4n) is 2.88. The van der Waals surface area contributed by atoms with Gasteiger partial charge >= 0.3 is 0 Å². The minimum absolute atomic E-state index is 0. The molecular weight excluding hydrogens is 318 g/mol. The van der Waals surface area contributed by atoms with E-state index in [9.17, 15) is 14.9 Å². The number of amides is 1. The lowest BCUT2D eigenvalue weighted by molar-refractivity contribution is -0.384. The summed E-state index contributed by atoms with van der Waals surface area (Å²) in [5, 5.41) is 10.7. The maximum atomic E-state index is 12.8. The number of nitrogens with zero attached hydrogens (tertiary/aromatic N) is 2. The maximum absolute atomic E-state index is 12.8. The van der Waals surface area contributed by atoms with Gasteiger partial charge in [0.05, 0.1) is 10.3 Å². The lowest BCUT2D eigenvalue weighted by Gasteiger charge is -2.31. The summed E-state index contributed by atoms with van der Waals surface area (Å²) in [6.07, 6.45) is 0.908. The van der Waals surface area contributed by atoms with Gasteiger partial charge in [-0.1, -0.05) is 19.1 Å². The number of carbonyl (C=O) groups excluding carboxylic acids is 1. The van der Waals surface area contributed by atoms with Crippen LogP contribution in [0.1, 0.15) is 32.8 Å². The summed E-state index contributed by atoms with van der Waals surface area (Å²) >= 11 is 0. The third-order valence-electron chi connectivity index (χ3n) is 4.67. The van der Waals surface area contributed by atoms with Gasteiger partial charge in [-0.15, -0.1) is 12.4 Å². The molecule has 0 aromatic heterocycles. The summed E-state index contributed by atoms with van der Waals surface area (Å²) in [5.74, 6) is 0.0403. The zero-order chi connectivity index (χ0) is 16.5. The molecule has 2 rings (SSSR count). The number of nitro benzene ring substituents is 1. The highest BCUT2D eigenvalue weighted by atomic mass is 35.5. The average molecular weight is 342 g/mol. The number of carbonyl (C=O) groups is 1. The van der Waals surface area contributed by atoms with Gasteiger partial charge < -0.3 is 10.6 Å². The first-order chi connectivity index (χ1) is 10.2. The third-order valence-corrected chi connectivity index (χ3v) is 4.67. The van der Waals surface area contributed by atoms with Gasteiger partial charge in [-0.05, 0) is 37.8 Å². The number of nitro groups is 1. The number of non-ortho nitro benzene ring substituents is 1. The van der Waals surface area contributed by atoms with E-state index in [1.807, 2.05) is 18.7 Å². The van der Waals surface area contributed by atoms with Crippen LogP contribution in [0.15, 0.2) is 24.3 Å². The van der Waals surface area contributed by atoms with Crippen molar-refractivity contribution in [3.05, 3.63) is 39.9 Å². The molecule has 0 spiro atoms. The molecule has 6 nitrogen and oxygen atoms in total. The molecule has 1 aliphatic heterocycles. The average Bonchev–Trinajstić information content (AvgIpc) is 2.89. The molecule has 2 N–H and O–H groups in total. The molecule has 1 aromatic carbocycles. The van der Waals surface area contributed by atoms with Crippen LogP contribution in [0.2, 0.25) is 0 Å². The largest absolute Gasteiger partial charge is 0.341 e. The topological polar surface area (TPSA) is 89.5 Å². The van der Waals surface area contributed by atoms with Crippen molar-refractivity contribution >= 4 is 24.0 Å². The third kappa shape index (κ3) is 3.82. The van der Waals surface area contributed by atoms with E-state index in [0.717, 1.165) is 12.0 Å². The molecule has 1 heterocycles. The second-order valence-corrected chi connectivity index (χ2v) is 6.92. The summed E-state index contributed by atoms with van der Waals surface area (Å²) in [4.78, 5) is 25.0. The van der Waals surface area contributed by atoms with Gasteiger partial charge in [0.2, 0.25) is 5.91 Å². The molecule has 1 atom stereocenters. The summed E-state index contributed by atoms with van der Waals surface area (Å²) in [6, 6.07) is 6.21. The zero-order valence-corrected chi connectivity index (χ0v) is 14.6. The number of halogens is 1. The molecular formula is C16H24ClN3O3. The van der Waals surface area contributed by atoms with Crippen LogP contribution in [0.4, 0.5) is 5.69 Å². The highest BCUT2D eigenvalue weighted by molar-refractivity contribution is 5.87. The predicted molar refractivity (Wildman–Crippen MR) is 91.7 cm³/mol. The molecule has 1 aliphatic rings. The molecule has 0 radical (unpaired) electrons. The van der Waals surface area contributed by atoms with E-state index in [4.69, 9.17) is 5.73 Å². The molecule has 0 aliphatic carbocycles. The number of benzene rings is 1. The van der Waals surface area contributed by atoms with Gasteiger partial charge in [-0.25, -0.2) is 0 Å². The number of hydrogen-bond donors (Lipinski definition) is 1. The Balaban J connectivity index is 0.00000264. The summed E-state index contributed by atoms with van der Waals surface area (Å²) in [5.41, 5.74) is 5.88. The van der Waals surface area contributed by atoms with Gasteiger partial charge in [0.15, 0.2) is 0 Å². The highest BCUT2D eigenvalue weighted by Gasteiger charge is 2.41. The van der Waals surface area contributed by atoms with Crippen LogP contribution >= 0.6 is 12.4 Å². The molecule has 1 amide bonds. The summed E-state index contributed by atoms with van der Waals surface area (Å²) in [7, 11) is 0. The van der Waals surface area contributed by atoms with Gasteiger partial charge in [0.25, 0.3) is 5.69 Å². The summed E-state index contributed by atoms with van der Waals surface area (Å²) < 4.78 is 0. The van der Waals surface area contributed by atoms with Crippen molar-refractivity contribution in [2.45, 2.75) is 32.6 Å². The van der Waals surface area contributed by atoms with Crippen molar-refractivity contribution in [1.82, 2.24) is 4.90 Å². The minimum Gasteiger partial charge on any atom is -0.341 e. The SMILES string of the molecule is CC1(CN)CCN(C(=O)C(C)(C)c2ccc([N+](=O)[O-])cc2)C1.Cl. The van der Waals surface area contributed by atoms with Crippen molar-refractivity contribution in [3.63, 3.8) is 0 Å². The van der Waals surface area contributed by atoms with Crippen LogP contribution < -0.4 is 5.73 Å². The molecule has 23 heavy (non-hydrogen) atoms. The van der Waals surface area contributed by atoms with Crippen LogP contribution in [0.3, 0.4) is 0 Å². The van der Waals surface area contributed by atoms with Crippen molar-refractivity contribution in [1.29, 1.82) is 0 Å². The number of likely N-dealkylation sites (tertiary alicyclic amines) is 1. The van der Waals surface area contributed by atoms with Crippen LogP contribution in [0.5, 0.6) is 0 Å². The van der Waals surface area contributed by atoms with E-state index >= 15 is 0 Å². The molecule has 1 fully saturated rings. The van der Waals surface area contributed by atoms with Crippen LogP contribution in [-0.2, 0) is 10.2 Å². The first-order valence-corrected chi connectivity index (χ1v) is 7.44. The van der Waals surface area contributed by atoms with Crippen LogP contribution in [-0.4, -0.2) is 35.4 Å². The van der Waals surface area contributed by atoms with Gasteiger partial charge in [0, 0.05) is 25.2 Å². The number of rotatable bonds is 4.